The Kier molecular flexibility index (Phi) is 14.0. The van der Waals surface area contributed by atoms with Crippen molar-refractivity contribution in [2.45, 2.75) is 85.7 Å². The normalized spacial score (nSPS) is 13.3. The zero-order chi connectivity index (χ0) is 28.8. The van der Waals surface area contributed by atoms with E-state index in [0.717, 1.165) is 6.42 Å². The first-order valence-electron chi connectivity index (χ1n) is 12.5. The second kappa shape index (κ2) is 16.3. The number of hydrogen-bond acceptors (Lipinski definition) is 11. The average molecular weight is 542 g/mol. The van der Waals surface area contributed by atoms with E-state index in [9.17, 15) is 24.3 Å². The lowest BCUT2D eigenvalue weighted by atomic mass is 10.0. The van der Waals surface area contributed by atoms with E-state index in [1.807, 2.05) is 13.8 Å². The van der Waals surface area contributed by atoms with Gasteiger partial charge in [0.2, 0.25) is 0 Å². The smallest absolute Gasteiger partial charge is 0.480 e. The molecule has 0 amide bonds. The van der Waals surface area contributed by atoms with Gasteiger partial charge in [-0.3, -0.25) is 4.79 Å². The van der Waals surface area contributed by atoms with Crippen LogP contribution >= 0.6 is 0 Å². The fraction of sp³-hybridized carbons (Fsp3) is 0.615. The maximum Gasteiger partial charge on any atom is 0.514 e. The number of carbonyl (C=O) groups is 4. The van der Waals surface area contributed by atoms with Gasteiger partial charge in [0.25, 0.3) is 0 Å². The third-order valence-corrected chi connectivity index (χ3v) is 4.93. The first-order valence-corrected chi connectivity index (χ1v) is 12.5. The minimum Gasteiger partial charge on any atom is -0.480 e. The molecule has 0 saturated carbocycles. The van der Waals surface area contributed by atoms with Gasteiger partial charge in [0, 0.05) is 6.54 Å². The van der Waals surface area contributed by atoms with Gasteiger partial charge in [0.15, 0.2) is 11.5 Å². The number of carboxylic acid groups (broad SMARTS) is 1. The summed E-state index contributed by atoms with van der Waals surface area (Å²) in [5.74, 6) is -1.22. The minimum absolute atomic E-state index is 0.0349. The van der Waals surface area contributed by atoms with Gasteiger partial charge in [0.1, 0.15) is 12.1 Å². The number of rotatable bonds is 14. The topological polar surface area (TPSA) is 156 Å². The number of benzene rings is 1. The molecule has 0 fully saturated rings. The van der Waals surface area contributed by atoms with Crippen LogP contribution in [0.2, 0.25) is 0 Å². The summed E-state index contributed by atoms with van der Waals surface area (Å²) in [4.78, 5) is 47.7. The van der Waals surface area contributed by atoms with Gasteiger partial charge in [0.05, 0.1) is 18.8 Å². The highest BCUT2D eigenvalue weighted by atomic mass is 16.8. The number of hydrogen-bond donors (Lipinski definition) is 2. The van der Waals surface area contributed by atoms with Crippen molar-refractivity contribution >= 4 is 24.4 Å². The Morgan fingerprint density at radius 3 is 1.95 bits per heavy atom. The van der Waals surface area contributed by atoms with E-state index in [1.165, 1.54) is 18.2 Å². The van der Waals surface area contributed by atoms with E-state index in [2.05, 4.69) is 5.32 Å². The third-order valence-electron chi connectivity index (χ3n) is 4.93. The monoisotopic (exact) mass is 541 g/mol. The summed E-state index contributed by atoms with van der Waals surface area (Å²) in [6.07, 6.45) is -3.60. The average Bonchev–Trinajstić information content (AvgIpc) is 2.80. The van der Waals surface area contributed by atoms with Crippen LogP contribution in [0.4, 0.5) is 14.4 Å². The standard InChI is InChI=1S/C26H39NO11/c1-8-17(6)14-33-24(30)36-18(7)13-27-20(23(28)29)11-19-9-10-21(37-25(31)34-15(2)3)22(12-19)38-26(32)35-16(4)5/h9-10,12,15-18,20,27H,8,11,13-14H2,1-7H3,(H,28,29)/t17?,18?,20-/m0/s1. The molecule has 0 bridgehead atoms. The highest BCUT2D eigenvalue weighted by molar-refractivity contribution is 5.74. The Balaban J connectivity index is 2.91. The molecule has 1 aromatic rings. The summed E-state index contributed by atoms with van der Waals surface area (Å²) in [6, 6.07) is 3.16. The van der Waals surface area contributed by atoms with Crippen LogP contribution in [0, 0.1) is 5.92 Å². The van der Waals surface area contributed by atoms with Crippen LogP contribution in [0.15, 0.2) is 18.2 Å². The van der Waals surface area contributed by atoms with Crippen LogP contribution in [0.25, 0.3) is 0 Å². The van der Waals surface area contributed by atoms with Gasteiger partial charge >= 0.3 is 24.4 Å². The second-order valence-corrected chi connectivity index (χ2v) is 9.32. The SMILES string of the molecule is CCC(C)COC(=O)OC(C)CN[C@@H](Cc1ccc(OC(=O)OC(C)C)c(OC(=O)OC(C)C)c1)C(=O)O. The van der Waals surface area contributed by atoms with E-state index < -0.39 is 48.8 Å². The van der Waals surface area contributed by atoms with Gasteiger partial charge in [-0.05, 0) is 64.7 Å². The molecule has 0 radical (unpaired) electrons. The van der Waals surface area contributed by atoms with Crippen molar-refractivity contribution in [2.24, 2.45) is 5.92 Å². The minimum atomic E-state index is -1.15. The Morgan fingerprint density at radius 1 is 0.842 bits per heavy atom. The van der Waals surface area contributed by atoms with Crippen LogP contribution in [0.5, 0.6) is 11.5 Å². The van der Waals surface area contributed by atoms with Gasteiger partial charge < -0.3 is 38.8 Å². The molecule has 0 heterocycles. The predicted molar refractivity (Wildman–Crippen MR) is 135 cm³/mol. The summed E-state index contributed by atoms with van der Waals surface area (Å²) in [5, 5.41) is 12.5. The highest BCUT2D eigenvalue weighted by Gasteiger charge is 2.23. The number of aliphatic carboxylic acids is 1. The Hall–Kier alpha value is -3.54. The summed E-state index contributed by atoms with van der Waals surface area (Å²) in [5.41, 5.74) is 0.448. The van der Waals surface area contributed by atoms with Crippen molar-refractivity contribution < 1.29 is 52.7 Å². The van der Waals surface area contributed by atoms with Crippen molar-refractivity contribution in [1.29, 1.82) is 0 Å². The van der Waals surface area contributed by atoms with Crippen molar-refractivity contribution in [2.75, 3.05) is 13.2 Å². The molecular formula is C26H39NO11. The molecule has 2 N–H and O–H groups in total. The maximum atomic E-state index is 12.1. The van der Waals surface area contributed by atoms with E-state index in [0.29, 0.717) is 5.56 Å². The molecular weight excluding hydrogens is 502 g/mol. The molecule has 214 valence electrons. The van der Waals surface area contributed by atoms with Crippen LogP contribution < -0.4 is 14.8 Å². The fourth-order valence-electron chi connectivity index (χ4n) is 2.81. The molecule has 0 aromatic heterocycles. The van der Waals surface area contributed by atoms with Crippen molar-refractivity contribution in [3.8, 4) is 11.5 Å². The van der Waals surface area contributed by atoms with Crippen LogP contribution in [-0.2, 0) is 30.2 Å². The lowest BCUT2D eigenvalue weighted by molar-refractivity contribution is -0.139. The summed E-state index contributed by atoms with van der Waals surface area (Å²) in [6.45, 7) is 12.3. The van der Waals surface area contributed by atoms with Gasteiger partial charge in [-0.1, -0.05) is 26.3 Å². The van der Waals surface area contributed by atoms with E-state index in [1.54, 1.807) is 34.6 Å². The molecule has 0 aliphatic rings. The second-order valence-electron chi connectivity index (χ2n) is 9.32. The summed E-state index contributed by atoms with van der Waals surface area (Å²) in [7, 11) is 0. The maximum absolute atomic E-state index is 12.1. The molecule has 0 spiro atoms. The number of ether oxygens (including phenoxy) is 6. The van der Waals surface area contributed by atoms with Crippen LogP contribution in [0.3, 0.4) is 0 Å². The zero-order valence-corrected chi connectivity index (χ0v) is 23.0. The molecule has 12 nitrogen and oxygen atoms in total. The van der Waals surface area contributed by atoms with Gasteiger partial charge in [-0.15, -0.1) is 0 Å². The highest BCUT2D eigenvalue weighted by Crippen LogP contribution is 2.30. The first-order chi connectivity index (χ1) is 17.8. The molecule has 38 heavy (non-hydrogen) atoms. The van der Waals surface area contributed by atoms with Crippen molar-refractivity contribution in [3.05, 3.63) is 23.8 Å². The molecule has 3 atom stereocenters. The fourth-order valence-corrected chi connectivity index (χ4v) is 2.81. The lowest BCUT2D eigenvalue weighted by Gasteiger charge is -2.19. The van der Waals surface area contributed by atoms with Crippen LogP contribution in [-0.4, -0.2) is 67.0 Å². The van der Waals surface area contributed by atoms with Gasteiger partial charge in [-0.2, -0.15) is 0 Å². The van der Waals surface area contributed by atoms with E-state index in [4.69, 9.17) is 28.4 Å². The molecule has 0 aliphatic heterocycles. The first kappa shape index (κ1) is 32.5. The van der Waals surface area contributed by atoms with Crippen molar-refractivity contribution in [1.82, 2.24) is 5.32 Å². The number of nitrogens with one attached hydrogen (secondary N) is 1. The summed E-state index contributed by atoms with van der Waals surface area (Å²) < 4.78 is 30.5. The van der Waals surface area contributed by atoms with Gasteiger partial charge in [-0.25, -0.2) is 14.4 Å². The number of carboxylic acids is 1. The predicted octanol–water partition coefficient (Wildman–Crippen LogP) is 4.71. The molecule has 1 rings (SSSR count). The largest absolute Gasteiger partial charge is 0.514 e. The third kappa shape index (κ3) is 13.1. The molecule has 12 heteroatoms. The molecule has 0 aliphatic carbocycles. The Morgan fingerprint density at radius 2 is 1.42 bits per heavy atom. The zero-order valence-electron chi connectivity index (χ0n) is 23.0. The van der Waals surface area contributed by atoms with Crippen LogP contribution in [0.1, 0.15) is 60.5 Å². The Labute approximate surface area is 222 Å². The Bertz CT molecular complexity index is 932. The molecule has 1 aromatic carbocycles. The number of carbonyl (C=O) groups excluding carboxylic acids is 3. The summed E-state index contributed by atoms with van der Waals surface area (Å²) >= 11 is 0. The molecule has 2 unspecified atom stereocenters. The molecule has 0 saturated heterocycles. The van der Waals surface area contributed by atoms with E-state index in [-0.39, 0.29) is 37.0 Å². The quantitative estimate of drug-likeness (QED) is 0.190. The lowest BCUT2D eigenvalue weighted by Crippen LogP contribution is -2.42. The van der Waals surface area contributed by atoms with Crippen molar-refractivity contribution in [3.63, 3.8) is 0 Å². The van der Waals surface area contributed by atoms with E-state index >= 15 is 0 Å².